The lowest BCUT2D eigenvalue weighted by molar-refractivity contribution is 0.301. The number of aromatic nitrogens is 1. The summed E-state index contributed by atoms with van der Waals surface area (Å²) in [6.07, 6.45) is 1.76. The maximum atomic E-state index is 5.76. The summed E-state index contributed by atoms with van der Waals surface area (Å²) < 4.78 is 6.60. The van der Waals surface area contributed by atoms with E-state index in [4.69, 9.17) is 16.3 Å². The van der Waals surface area contributed by atoms with Crippen molar-refractivity contribution in [2.45, 2.75) is 12.5 Å². The zero-order valence-electron chi connectivity index (χ0n) is 9.07. The lowest BCUT2D eigenvalue weighted by Gasteiger charge is -2.06. The van der Waals surface area contributed by atoms with Gasteiger partial charge in [0.05, 0.1) is 5.69 Å². The molecule has 0 atom stereocenters. The van der Waals surface area contributed by atoms with Gasteiger partial charge in [-0.2, -0.15) is 0 Å². The summed E-state index contributed by atoms with van der Waals surface area (Å²) in [5, 5.41) is 0. The Hall–Kier alpha value is -1.06. The van der Waals surface area contributed by atoms with E-state index < -0.39 is 0 Å². The van der Waals surface area contributed by atoms with Crippen LogP contribution in [0.4, 0.5) is 0 Å². The molecular weight excluding hydrogens is 302 g/mol. The molecule has 0 N–H and O–H groups in total. The van der Waals surface area contributed by atoms with E-state index in [1.54, 1.807) is 6.20 Å². The molecule has 0 spiro atoms. The van der Waals surface area contributed by atoms with Crippen molar-refractivity contribution < 1.29 is 4.74 Å². The van der Waals surface area contributed by atoms with Gasteiger partial charge in [0.15, 0.2) is 0 Å². The average Bonchev–Trinajstić information content (AvgIpc) is 2.38. The van der Waals surface area contributed by atoms with Crippen molar-refractivity contribution in [1.29, 1.82) is 0 Å². The molecule has 2 aromatic rings. The summed E-state index contributed by atoms with van der Waals surface area (Å²) in [5.41, 5.74) is 1.94. The topological polar surface area (TPSA) is 22.1 Å². The zero-order valence-corrected chi connectivity index (χ0v) is 11.4. The lowest BCUT2D eigenvalue weighted by Crippen LogP contribution is -1.98. The molecule has 17 heavy (non-hydrogen) atoms. The van der Waals surface area contributed by atoms with Crippen LogP contribution in [0.5, 0.6) is 5.75 Å². The first-order valence-corrected chi connectivity index (χ1v) is 6.49. The minimum absolute atomic E-state index is 0.457. The number of halogens is 2. The Morgan fingerprint density at radius 1 is 1.24 bits per heavy atom. The van der Waals surface area contributed by atoms with Gasteiger partial charge >= 0.3 is 0 Å². The van der Waals surface area contributed by atoms with Crippen LogP contribution in [0.3, 0.4) is 0 Å². The van der Waals surface area contributed by atoms with Gasteiger partial charge in [0, 0.05) is 16.5 Å². The Balaban J connectivity index is 1.99. The van der Waals surface area contributed by atoms with E-state index in [-0.39, 0.29) is 0 Å². The van der Waals surface area contributed by atoms with Gasteiger partial charge in [-0.25, -0.2) is 0 Å². The molecule has 0 aliphatic carbocycles. The molecule has 0 unspecified atom stereocenters. The first-order valence-electron chi connectivity index (χ1n) is 5.16. The van der Waals surface area contributed by atoms with Gasteiger partial charge < -0.3 is 4.74 Å². The van der Waals surface area contributed by atoms with E-state index in [1.807, 2.05) is 36.4 Å². The number of pyridine rings is 1. The molecule has 0 radical (unpaired) electrons. The Kier molecular flexibility index (Phi) is 4.40. The predicted molar refractivity (Wildman–Crippen MR) is 72.3 cm³/mol. The van der Waals surface area contributed by atoms with Crippen molar-refractivity contribution in [2.24, 2.45) is 0 Å². The first-order chi connectivity index (χ1) is 8.28. The molecule has 0 saturated carbocycles. The third-order valence-corrected chi connectivity index (χ3v) is 3.01. The van der Waals surface area contributed by atoms with E-state index in [1.165, 1.54) is 0 Å². The van der Waals surface area contributed by atoms with Gasteiger partial charge in [0.1, 0.15) is 12.4 Å². The van der Waals surface area contributed by atoms with Crippen molar-refractivity contribution >= 4 is 27.5 Å². The first kappa shape index (κ1) is 12.4. The van der Waals surface area contributed by atoms with Crippen LogP contribution >= 0.6 is 27.5 Å². The van der Waals surface area contributed by atoms with Gasteiger partial charge in [0.2, 0.25) is 0 Å². The molecule has 4 heteroatoms. The maximum Gasteiger partial charge on any atom is 0.130 e. The van der Waals surface area contributed by atoms with E-state index in [0.29, 0.717) is 12.5 Å². The molecule has 2 nitrogen and oxygen atoms in total. The number of hydrogen-bond donors (Lipinski definition) is 0. The summed E-state index contributed by atoms with van der Waals surface area (Å²) in [6.45, 7) is 0.457. The number of nitrogens with zero attached hydrogens (tertiary/aromatic N) is 1. The Morgan fingerprint density at radius 2 is 2.12 bits per heavy atom. The van der Waals surface area contributed by atoms with Crippen LogP contribution in [-0.2, 0) is 12.5 Å². The highest BCUT2D eigenvalue weighted by molar-refractivity contribution is 9.10. The van der Waals surface area contributed by atoms with Crippen LogP contribution in [0.1, 0.15) is 11.3 Å². The SMILES string of the molecule is ClCc1cccc(OCc2ccc(Br)cn2)c1. The maximum absolute atomic E-state index is 5.76. The van der Waals surface area contributed by atoms with Crippen LogP contribution in [-0.4, -0.2) is 4.98 Å². The number of benzene rings is 1. The summed E-state index contributed by atoms with van der Waals surface area (Å²) in [5.74, 6) is 1.31. The molecule has 0 aliphatic heterocycles. The molecular formula is C13H11BrClNO. The van der Waals surface area contributed by atoms with Crippen molar-refractivity contribution in [3.8, 4) is 5.75 Å². The summed E-state index contributed by atoms with van der Waals surface area (Å²) in [4.78, 5) is 4.24. The van der Waals surface area contributed by atoms with Crippen LogP contribution in [0.2, 0.25) is 0 Å². The fraction of sp³-hybridized carbons (Fsp3) is 0.154. The van der Waals surface area contributed by atoms with Gasteiger partial charge in [-0.15, -0.1) is 11.6 Å². The summed E-state index contributed by atoms with van der Waals surface area (Å²) in [6, 6.07) is 11.6. The van der Waals surface area contributed by atoms with Crippen LogP contribution in [0.25, 0.3) is 0 Å². The largest absolute Gasteiger partial charge is 0.487 e. The van der Waals surface area contributed by atoms with Crippen molar-refractivity contribution in [3.05, 3.63) is 58.3 Å². The van der Waals surface area contributed by atoms with Crippen LogP contribution in [0.15, 0.2) is 47.1 Å². The monoisotopic (exact) mass is 311 g/mol. The number of ether oxygens (including phenoxy) is 1. The molecule has 0 bridgehead atoms. The molecule has 88 valence electrons. The second kappa shape index (κ2) is 6.03. The third kappa shape index (κ3) is 3.72. The fourth-order valence-corrected chi connectivity index (χ4v) is 1.77. The molecule has 0 fully saturated rings. The second-order valence-corrected chi connectivity index (χ2v) is 4.72. The van der Waals surface area contributed by atoms with Crippen LogP contribution in [0, 0.1) is 0 Å². The second-order valence-electron chi connectivity index (χ2n) is 3.54. The molecule has 0 saturated heterocycles. The number of hydrogen-bond acceptors (Lipinski definition) is 2. The number of rotatable bonds is 4. The van der Waals surface area contributed by atoms with E-state index in [9.17, 15) is 0 Å². The molecule has 0 amide bonds. The minimum atomic E-state index is 0.457. The fourth-order valence-electron chi connectivity index (χ4n) is 1.37. The van der Waals surface area contributed by atoms with E-state index in [2.05, 4.69) is 20.9 Å². The predicted octanol–water partition coefficient (Wildman–Crippen LogP) is 4.16. The van der Waals surface area contributed by atoms with Crippen LogP contribution < -0.4 is 4.74 Å². The third-order valence-electron chi connectivity index (χ3n) is 2.23. The zero-order chi connectivity index (χ0) is 12.1. The molecule has 1 heterocycles. The number of alkyl halides is 1. The molecule has 1 aromatic heterocycles. The average molecular weight is 313 g/mol. The quantitative estimate of drug-likeness (QED) is 0.791. The Bertz CT molecular complexity index is 487. The Morgan fingerprint density at radius 3 is 2.82 bits per heavy atom. The highest BCUT2D eigenvalue weighted by Crippen LogP contribution is 2.16. The van der Waals surface area contributed by atoms with E-state index >= 15 is 0 Å². The van der Waals surface area contributed by atoms with Gasteiger partial charge in [-0.1, -0.05) is 12.1 Å². The lowest BCUT2D eigenvalue weighted by atomic mass is 10.2. The standard InChI is InChI=1S/C13H11BrClNO/c14-11-4-5-12(16-8-11)9-17-13-3-1-2-10(6-13)7-15/h1-6,8H,7,9H2. The van der Waals surface area contributed by atoms with Crippen molar-refractivity contribution in [2.75, 3.05) is 0 Å². The van der Waals surface area contributed by atoms with Crippen molar-refractivity contribution in [1.82, 2.24) is 4.98 Å². The minimum Gasteiger partial charge on any atom is -0.487 e. The smallest absolute Gasteiger partial charge is 0.130 e. The normalized spacial score (nSPS) is 10.2. The van der Waals surface area contributed by atoms with Gasteiger partial charge in [-0.05, 0) is 45.8 Å². The molecule has 0 aliphatic rings. The molecule has 2 rings (SSSR count). The van der Waals surface area contributed by atoms with E-state index in [0.717, 1.165) is 21.5 Å². The highest BCUT2D eigenvalue weighted by atomic mass is 79.9. The van der Waals surface area contributed by atoms with Crippen molar-refractivity contribution in [3.63, 3.8) is 0 Å². The highest BCUT2D eigenvalue weighted by Gasteiger charge is 1.98. The molecule has 1 aromatic carbocycles. The van der Waals surface area contributed by atoms with Gasteiger partial charge in [0.25, 0.3) is 0 Å². The van der Waals surface area contributed by atoms with Gasteiger partial charge in [-0.3, -0.25) is 4.98 Å². The Labute approximate surface area is 114 Å². The summed E-state index contributed by atoms with van der Waals surface area (Å²) in [7, 11) is 0. The summed E-state index contributed by atoms with van der Waals surface area (Å²) >= 11 is 9.10.